The van der Waals surface area contributed by atoms with Crippen molar-refractivity contribution in [2.24, 2.45) is 7.05 Å². The molecule has 2 heterocycles. The highest BCUT2D eigenvalue weighted by atomic mass is 16.1. The van der Waals surface area contributed by atoms with Crippen molar-refractivity contribution in [3.63, 3.8) is 0 Å². The average Bonchev–Trinajstić information content (AvgIpc) is 2.54. The number of carbonyl (C=O) groups excluding carboxylic acids is 1. The largest absolute Gasteiger partial charge is 0.355 e. The average molecular weight is 204 g/mol. The van der Waals surface area contributed by atoms with Crippen LogP contribution < -0.4 is 5.32 Å². The minimum absolute atomic E-state index is 0.126. The zero-order chi connectivity index (χ0) is 11.0. The fourth-order valence-corrected chi connectivity index (χ4v) is 1.55. The summed E-state index contributed by atoms with van der Waals surface area (Å²) in [6, 6.07) is 0. The molecule has 0 bridgehead atoms. The Hall–Kier alpha value is -1.91. The maximum absolute atomic E-state index is 11.6. The molecule has 15 heavy (non-hydrogen) atoms. The van der Waals surface area contributed by atoms with E-state index in [0.717, 1.165) is 5.52 Å². The fraction of sp³-hybridized carbons (Fsp3) is 0.300. The van der Waals surface area contributed by atoms with E-state index in [-0.39, 0.29) is 5.91 Å². The first-order chi connectivity index (χ1) is 7.13. The molecule has 5 heteroatoms. The lowest BCUT2D eigenvalue weighted by molar-refractivity contribution is 0.0964. The molecule has 0 radical (unpaired) electrons. The number of nitrogens with zero attached hydrogens (tertiary/aromatic N) is 3. The Bertz CT molecular complexity index is 529. The van der Waals surface area contributed by atoms with E-state index in [9.17, 15) is 4.79 Å². The van der Waals surface area contributed by atoms with Crippen LogP contribution >= 0.6 is 0 Å². The number of carbonyl (C=O) groups is 1. The Morgan fingerprint density at radius 3 is 2.93 bits per heavy atom. The van der Waals surface area contributed by atoms with E-state index in [1.54, 1.807) is 26.4 Å². The van der Waals surface area contributed by atoms with Gasteiger partial charge in [0.15, 0.2) is 0 Å². The second-order valence-corrected chi connectivity index (χ2v) is 3.38. The number of hydrogen-bond acceptors (Lipinski definition) is 3. The number of nitrogens with one attached hydrogen (secondary N) is 1. The van der Waals surface area contributed by atoms with Crippen LogP contribution in [-0.4, -0.2) is 27.5 Å². The minimum atomic E-state index is -0.126. The SMILES string of the molecule is CNC(=O)c1cn(C)c2cnc(C)nc12. The van der Waals surface area contributed by atoms with Crippen LogP contribution in [0.3, 0.4) is 0 Å². The topological polar surface area (TPSA) is 59.8 Å². The molecule has 0 fully saturated rings. The van der Waals surface area contributed by atoms with Crippen LogP contribution in [0.15, 0.2) is 12.4 Å². The summed E-state index contributed by atoms with van der Waals surface area (Å²) in [5.74, 6) is 0.539. The van der Waals surface area contributed by atoms with E-state index in [1.165, 1.54) is 0 Å². The molecule has 2 aromatic heterocycles. The van der Waals surface area contributed by atoms with Gasteiger partial charge in [0.1, 0.15) is 11.3 Å². The normalized spacial score (nSPS) is 10.6. The van der Waals surface area contributed by atoms with Crippen molar-refractivity contribution in [2.45, 2.75) is 6.92 Å². The molecule has 0 unspecified atom stereocenters. The summed E-state index contributed by atoms with van der Waals surface area (Å²) in [5.41, 5.74) is 2.14. The summed E-state index contributed by atoms with van der Waals surface area (Å²) in [5, 5.41) is 2.59. The van der Waals surface area contributed by atoms with E-state index in [1.807, 2.05) is 11.6 Å². The third kappa shape index (κ3) is 1.45. The monoisotopic (exact) mass is 204 g/mol. The van der Waals surface area contributed by atoms with Gasteiger partial charge < -0.3 is 9.88 Å². The minimum Gasteiger partial charge on any atom is -0.355 e. The highest BCUT2D eigenvalue weighted by Crippen LogP contribution is 2.17. The predicted octanol–water partition coefficient (Wildman–Crippen LogP) is 0.636. The van der Waals surface area contributed by atoms with Crippen LogP contribution in [0.2, 0.25) is 0 Å². The first kappa shape index (κ1) is 9.64. The second kappa shape index (κ2) is 3.34. The van der Waals surface area contributed by atoms with E-state index in [0.29, 0.717) is 16.9 Å². The highest BCUT2D eigenvalue weighted by Gasteiger charge is 2.14. The Morgan fingerprint density at radius 2 is 2.27 bits per heavy atom. The van der Waals surface area contributed by atoms with E-state index < -0.39 is 0 Å². The van der Waals surface area contributed by atoms with Crippen molar-refractivity contribution in [2.75, 3.05) is 7.05 Å². The summed E-state index contributed by atoms with van der Waals surface area (Å²) in [6.45, 7) is 1.81. The van der Waals surface area contributed by atoms with Gasteiger partial charge >= 0.3 is 0 Å². The summed E-state index contributed by atoms with van der Waals surface area (Å²) in [6.07, 6.45) is 3.49. The quantitative estimate of drug-likeness (QED) is 0.741. The van der Waals surface area contributed by atoms with Crippen LogP contribution in [0.4, 0.5) is 0 Å². The number of fused-ring (bicyclic) bond motifs is 1. The van der Waals surface area contributed by atoms with Crippen LogP contribution in [0, 0.1) is 6.92 Å². The zero-order valence-electron chi connectivity index (χ0n) is 8.90. The molecule has 0 spiro atoms. The number of hydrogen-bond donors (Lipinski definition) is 1. The molecule has 0 saturated heterocycles. The van der Waals surface area contributed by atoms with Crippen LogP contribution in [0.5, 0.6) is 0 Å². The van der Waals surface area contributed by atoms with E-state index in [4.69, 9.17) is 0 Å². The smallest absolute Gasteiger partial charge is 0.254 e. The molecule has 5 nitrogen and oxygen atoms in total. The van der Waals surface area contributed by atoms with Gasteiger partial charge in [-0.3, -0.25) is 4.79 Å². The van der Waals surface area contributed by atoms with E-state index >= 15 is 0 Å². The molecule has 1 amide bonds. The van der Waals surface area contributed by atoms with Crippen molar-refractivity contribution in [3.8, 4) is 0 Å². The van der Waals surface area contributed by atoms with Crippen LogP contribution in [-0.2, 0) is 7.05 Å². The van der Waals surface area contributed by atoms with E-state index in [2.05, 4.69) is 15.3 Å². The lowest BCUT2D eigenvalue weighted by atomic mass is 10.2. The Balaban J connectivity index is 2.75. The van der Waals surface area contributed by atoms with Crippen molar-refractivity contribution >= 4 is 16.9 Å². The molecule has 0 aromatic carbocycles. The molecule has 0 aliphatic carbocycles. The third-order valence-corrected chi connectivity index (χ3v) is 2.32. The lowest BCUT2D eigenvalue weighted by Gasteiger charge is -1.97. The van der Waals surface area contributed by atoms with Crippen molar-refractivity contribution in [1.82, 2.24) is 19.9 Å². The Morgan fingerprint density at radius 1 is 1.53 bits per heavy atom. The maximum Gasteiger partial charge on any atom is 0.254 e. The predicted molar refractivity (Wildman–Crippen MR) is 56.6 cm³/mol. The Labute approximate surface area is 87.1 Å². The van der Waals surface area contributed by atoms with Crippen molar-refractivity contribution in [1.29, 1.82) is 0 Å². The number of aryl methyl sites for hydroxylation is 2. The zero-order valence-corrected chi connectivity index (χ0v) is 8.90. The third-order valence-electron chi connectivity index (χ3n) is 2.32. The first-order valence-electron chi connectivity index (χ1n) is 4.64. The first-order valence-corrected chi connectivity index (χ1v) is 4.64. The van der Waals surface area contributed by atoms with Gasteiger partial charge in [0.2, 0.25) is 0 Å². The molecular formula is C10H12N4O. The summed E-state index contributed by atoms with van der Waals surface area (Å²) in [7, 11) is 3.47. The molecule has 0 saturated carbocycles. The standard InChI is InChI=1S/C10H12N4O/c1-6-12-4-8-9(13-6)7(5-14(8)3)10(15)11-2/h4-5H,1-3H3,(H,11,15). The molecule has 0 aliphatic rings. The molecule has 2 aromatic rings. The van der Waals surface area contributed by atoms with Gasteiger partial charge in [-0.1, -0.05) is 0 Å². The Kier molecular flexibility index (Phi) is 2.15. The van der Waals surface area contributed by atoms with Crippen LogP contribution in [0.25, 0.3) is 11.0 Å². The van der Waals surface area contributed by atoms with Gasteiger partial charge in [-0.05, 0) is 6.92 Å². The molecular weight excluding hydrogens is 192 g/mol. The fourth-order valence-electron chi connectivity index (χ4n) is 1.55. The number of aromatic nitrogens is 3. The van der Waals surface area contributed by atoms with Crippen molar-refractivity contribution in [3.05, 3.63) is 23.8 Å². The molecule has 1 N–H and O–H groups in total. The van der Waals surface area contributed by atoms with Gasteiger partial charge in [-0.25, -0.2) is 9.97 Å². The second-order valence-electron chi connectivity index (χ2n) is 3.38. The van der Waals surface area contributed by atoms with Gasteiger partial charge in [0.05, 0.1) is 17.3 Å². The summed E-state index contributed by atoms with van der Waals surface area (Å²) < 4.78 is 1.85. The molecule has 0 aliphatic heterocycles. The number of amides is 1. The van der Waals surface area contributed by atoms with Gasteiger partial charge in [0, 0.05) is 20.3 Å². The maximum atomic E-state index is 11.6. The van der Waals surface area contributed by atoms with Gasteiger partial charge in [-0.15, -0.1) is 0 Å². The van der Waals surface area contributed by atoms with Gasteiger partial charge in [0.25, 0.3) is 5.91 Å². The summed E-state index contributed by atoms with van der Waals surface area (Å²) >= 11 is 0. The van der Waals surface area contributed by atoms with Crippen molar-refractivity contribution < 1.29 is 4.79 Å². The van der Waals surface area contributed by atoms with Gasteiger partial charge in [-0.2, -0.15) is 0 Å². The molecule has 0 atom stereocenters. The molecule has 78 valence electrons. The summed E-state index contributed by atoms with van der Waals surface area (Å²) in [4.78, 5) is 19.9. The van der Waals surface area contributed by atoms with Crippen LogP contribution in [0.1, 0.15) is 16.2 Å². The number of rotatable bonds is 1. The highest BCUT2D eigenvalue weighted by molar-refractivity contribution is 6.05. The molecule has 2 rings (SSSR count). The lowest BCUT2D eigenvalue weighted by Crippen LogP contribution is -2.17.